The molecule has 1 saturated carbocycles. The zero-order chi connectivity index (χ0) is 24.1. The van der Waals surface area contributed by atoms with Gasteiger partial charge in [0, 0.05) is 24.4 Å². The molecular weight excluding hydrogens is 456 g/mol. The van der Waals surface area contributed by atoms with Gasteiger partial charge in [0.25, 0.3) is 0 Å². The molecule has 0 saturated heterocycles. The van der Waals surface area contributed by atoms with Crippen molar-refractivity contribution in [1.29, 1.82) is 0 Å². The minimum atomic E-state index is -0.327. The van der Waals surface area contributed by atoms with Crippen LogP contribution in [0.2, 0.25) is 5.02 Å². The first-order valence-electron chi connectivity index (χ1n) is 10.6. The summed E-state index contributed by atoms with van der Waals surface area (Å²) >= 11 is 6.31. The summed E-state index contributed by atoms with van der Waals surface area (Å²) in [6, 6.07) is 12.0. The number of hydrogen-bond donors (Lipinski definition) is 4. The number of anilines is 4. The first-order valence-corrected chi connectivity index (χ1v) is 11.0. The highest BCUT2D eigenvalue weighted by Gasteiger charge is 2.23. The van der Waals surface area contributed by atoms with E-state index in [-0.39, 0.29) is 29.8 Å². The maximum atomic E-state index is 11.9. The summed E-state index contributed by atoms with van der Waals surface area (Å²) in [6.45, 7) is 5.37. The molecule has 0 radical (unpaired) electrons. The van der Waals surface area contributed by atoms with E-state index in [1.807, 2.05) is 19.1 Å². The van der Waals surface area contributed by atoms with Crippen molar-refractivity contribution in [2.45, 2.75) is 25.8 Å². The Morgan fingerprint density at radius 3 is 2.71 bits per heavy atom. The Balaban J connectivity index is 1.46. The summed E-state index contributed by atoms with van der Waals surface area (Å²) in [4.78, 5) is 32.3. The number of rotatable bonds is 8. The van der Waals surface area contributed by atoms with Gasteiger partial charge in [0.2, 0.25) is 17.7 Å². The second-order valence-electron chi connectivity index (χ2n) is 7.65. The predicted octanol–water partition coefficient (Wildman–Crippen LogP) is 5.38. The van der Waals surface area contributed by atoms with Crippen molar-refractivity contribution in [2.24, 2.45) is 0 Å². The van der Waals surface area contributed by atoms with Crippen molar-refractivity contribution in [3.63, 3.8) is 0 Å². The van der Waals surface area contributed by atoms with E-state index in [0.29, 0.717) is 27.8 Å². The summed E-state index contributed by atoms with van der Waals surface area (Å²) in [5, 5.41) is 11.8. The summed E-state index contributed by atoms with van der Waals surface area (Å²) in [5.41, 5.74) is 2.58. The van der Waals surface area contributed by atoms with Crippen LogP contribution in [0.3, 0.4) is 0 Å². The molecule has 1 aliphatic rings. The van der Waals surface area contributed by atoms with Crippen LogP contribution in [-0.2, 0) is 4.79 Å². The molecule has 1 aromatic heterocycles. The number of amides is 3. The number of halogens is 1. The first-order chi connectivity index (χ1) is 16.4. The molecule has 0 spiro atoms. The van der Waals surface area contributed by atoms with Gasteiger partial charge in [0.1, 0.15) is 5.75 Å². The SMILES string of the molecule is C=CC(=O)Nc1cccc(C)c1Nc1nccc(Oc2ccc(NC(=O)NC3CC3)c(Cl)c2)n1. The number of ether oxygens (including phenoxy) is 1. The number of nitrogens with one attached hydrogen (secondary N) is 4. The van der Waals surface area contributed by atoms with Crippen LogP contribution in [0.15, 0.2) is 61.3 Å². The standard InChI is InChI=1S/C24H23ClN6O3/c1-3-20(32)28-19-6-4-5-14(2)22(19)31-23-26-12-11-21(30-23)34-16-9-10-18(17(25)13-16)29-24(33)27-15-7-8-15/h3-6,9-13,15H,1,7-8H2,2H3,(H,28,32)(H,26,30,31)(H2,27,29,33). The van der Waals surface area contributed by atoms with Gasteiger partial charge in [-0.2, -0.15) is 4.98 Å². The van der Waals surface area contributed by atoms with Crippen LogP contribution in [0, 0.1) is 6.92 Å². The number of benzene rings is 2. The maximum Gasteiger partial charge on any atom is 0.319 e. The number of para-hydroxylation sites is 1. The maximum absolute atomic E-state index is 11.9. The predicted molar refractivity (Wildman–Crippen MR) is 132 cm³/mol. The van der Waals surface area contributed by atoms with E-state index in [9.17, 15) is 9.59 Å². The summed E-state index contributed by atoms with van der Waals surface area (Å²) < 4.78 is 5.83. The average Bonchev–Trinajstić information content (AvgIpc) is 3.62. The van der Waals surface area contributed by atoms with Crippen molar-refractivity contribution in [1.82, 2.24) is 15.3 Å². The zero-order valence-corrected chi connectivity index (χ0v) is 19.1. The van der Waals surface area contributed by atoms with Gasteiger partial charge in [-0.05, 0) is 49.6 Å². The van der Waals surface area contributed by atoms with Gasteiger partial charge in [-0.1, -0.05) is 30.3 Å². The third-order valence-electron chi connectivity index (χ3n) is 4.91. The number of hydrogen-bond acceptors (Lipinski definition) is 6. The molecule has 10 heteroatoms. The van der Waals surface area contributed by atoms with E-state index in [1.54, 1.807) is 36.5 Å². The van der Waals surface area contributed by atoms with Crippen LogP contribution in [0.5, 0.6) is 11.6 Å². The number of urea groups is 1. The molecule has 4 N–H and O–H groups in total. The van der Waals surface area contributed by atoms with Crippen LogP contribution in [0.25, 0.3) is 0 Å². The van der Waals surface area contributed by atoms with Gasteiger partial charge >= 0.3 is 6.03 Å². The van der Waals surface area contributed by atoms with Crippen molar-refractivity contribution in [3.8, 4) is 11.6 Å². The van der Waals surface area contributed by atoms with Gasteiger partial charge in [-0.3, -0.25) is 4.79 Å². The minimum Gasteiger partial charge on any atom is -0.439 e. The molecule has 1 heterocycles. The monoisotopic (exact) mass is 478 g/mol. The van der Waals surface area contributed by atoms with Gasteiger partial charge in [-0.15, -0.1) is 0 Å². The molecule has 3 aromatic rings. The molecular formula is C24H23ClN6O3. The first kappa shape index (κ1) is 23.1. The van der Waals surface area contributed by atoms with Gasteiger partial charge in [-0.25, -0.2) is 9.78 Å². The molecule has 0 unspecified atom stereocenters. The van der Waals surface area contributed by atoms with Crippen molar-refractivity contribution < 1.29 is 14.3 Å². The highest BCUT2D eigenvalue weighted by atomic mass is 35.5. The van der Waals surface area contributed by atoms with Gasteiger partial charge in [0.15, 0.2) is 0 Å². The van der Waals surface area contributed by atoms with Gasteiger partial charge in [0.05, 0.1) is 22.1 Å². The third kappa shape index (κ3) is 6.02. The van der Waals surface area contributed by atoms with Crippen LogP contribution >= 0.6 is 11.6 Å². The number of aryl methyl sites for hydroxylation is 1. The highest BCUT2D eigenvalue weighted by molar-refractivity contribution is 6.33. The summed E-state index contributed by atoms with van der Waals surface area (Å²) in [6.07, 6.45) is 4.74. The molecule has 3 amide bonds. The van der Waals surface area contributed by atoms with Crippen LogP contribution in [-0.4, -0.2) is 27.9 Å². The second kappa shape index (κ2) is 10.2. The number of aromatic nitrogens is 2. The van der Waals surface area contributed by atoms with Crippen molar-refractivity contribution in [3.05, 3.63) is 71.9 Å². The molecule has 2 aromatic carbocycles. The van der Waals surface area contributed by atoms with Crippen LogP contribution in [0.4, 0.5) is 27.8 Å². The fraction of sp³-hybridized carbons (Fsp3) is 0.167. The van der Waals surface area contributed by atoms with E-state index in [4.69, 9.17) is 16.3 Å². The zero-order valence-electron chi connectivity index (χ0n) is 18.4. The Morgan fingerprint density at radius 1 is 1.15 bits per heavy atom. The van der Waals surface area contributed by atoms with Crippen LogP contribution in [0.1, 0.15) is 18.4 Å². The van der Waals surface area contributed by atoms with Crippen LogP contribution < -0.4 is 26.0 Å². The molecule has 0 aliphatic heterocycles. The van der Waals surface area contributed by atoms with E-state index < -0.39 is 0 Å². The Bertz CT molecular complexity index is 1250. The molecule has 34 heavy (non-hydrogen) atoms. The Hall–Kier alpha value is -4.11. The summed E-state index contributed by atoms with van der Waals surface area (Å²) in [7, 11) is 0. The Labute approximate surface area is 201 Å². The quantitative estimate of drug-likeness (QED) is 0.323. The number of nitrogens with zero attached hydrogens (tertiary/aromatic N) is 2. The molecule has 9 nitrogen and oxygen atoms in total. The third-order valence-corrected chi connectivity index (χ3v) is 5.22. The number of carbonyl (C=O) groups is 2. The molecule has 1 aliphatic carbocycles. The lowest BCUT2D eigenvalue weighted by molar-refractivity contribution is -0.111. The van der Waals surface area contributed by atoms with E-state index in [2.05, 4.69) is 37.8 Å². The minimum absolute atomic E-state index is 0.246. The van der Waals surface area contributed by atoms with E-state index in [1.165, 1.54) is 6.08 Å². The van der Waals surface area contributed by atoms with Gasteiger partial charge < -0.3 is 26.0 Å². The van der Waals surface area contributed by atoms with E-state index >= 15 is 0 Å². The lowest BCUT2D eigenvalue weighted by Crippen LogP contribution is -2.30. The smallest absolute Gasteiger partial charge is 0.319 e. The van der Waals surface area contributed by atoms with Crippen molar-refractivity contribution >= 4 is 46.5 Å². The Morgan fingerprint density at radius 2 is 1.97 bits per heavy atom. The molecule has 1 fully saturated rings. The number of carbonyl (C=O) groups excluding carboxylic acids is 2. The van der Waals surface area contributed by atoms with Crippen molar-refractivity contribution in [2.75, 3.05) is 16.0 Å². The second-order valence-corrected chi connectivity index (χ2v) is 8.06. The normalized spacial score (nSPS) is 12.4. The molecule has 0 bridgehead atoms. The molecule has 174 valence electrons. The lowest BCUT2D eigenvalue weighted by atomic mass is 10.1. The average molecular weight is 479 g/mol. The fourth-order valence-corrected chi connectivity index (χ4v) is 3.26. The Kier molecular flexibility index (Phi) is 6.93. The lowest BCUT2D eigenvalue weighted by Gasteiger charge is -2.14. The largest absolute Gasteiger partial charge is 0.439 e. The molecule has 4 rings (SSSR count). The summed E-state index contributed by atoms with van der Waals surface area (Å²) in [5.74, 6) is 0.678. The fourth-order valence-electron chi connectivity index (χ4n) is 3.05. The van der Waals surface area contributed by atoms with E-state index in [0.717, 1.165) is 18.4 Å². The molecule has 0 atom stereocenters. The topological polar surface area (TPSA) is 117 Å². The highest BCUT2D eigenvalue weighted by Crippen LogP contribution is 2.31.